The quantitative estimate of drug-likeness (QED) is 0.611. The third-order valence-corrected chi connectivity index (χ3v) is 3.19. The van der Waals surface area contributed by atoms with Crippen LogP contribution in [0.4, 0.5) is 0 Å². The lowest BCUT2D eigenvalue weighted by atomic mass is 10.4. The smallest absolute Gasteiger partial charge is 0.222 e. The fourth-order valence-corrected chi connectivity index (χ4v) is 2.20. The van der Waals surface area contributed by atoms with Crippen molar-refractivity contribution in [2.24, 2.45) is 0 Å². The molecule has 0 aromatic heterocycles. The van der Waals surface area contributed by atoms with Crippen LogP contribution in [-0.2, 0) is 4.79 Å². The number of likely N-dealkylation sites (tertiary alicyclic amines) is 1. The van der Waals surface area contributed by atoms with Crippen LogP contribution in [-0.4, -0.2) is 35.4 Å². The number of thioether (sulfide) groups is 1. The van der Waals surface area contributed by atoms with E-state index in [2.05, 4.69) is 6.92 Å². The van der Waals surface area contributed by atoms with E-state index >= 15 is 0 Å². The zero-order chi connectivity index (χ0) is 8.81. The minimum atomic E-state index is 0.354. The Labute approximate surface area is 78.7 Å². The summed E-state index contributed by atoms with van der Waals surface area (Å²) < 4.78 is 0. The van der Waals surface area contributed by atoms with Gasteiger partial charge in [-0.2, -0.15) is 11.8 Å². The molecule has 0 atom stereocenters. The van der Waals surface area contributed by atoms with Crippen molar-refractivity contribution in [3.8, 4) is 0 Å². The Morgan fingerprint density at radius 3 is 2.92 bits per heavy atom. The maximum absolute atomic E-state index is 11.2. The van der Waals surface area contributed by atoms with Crippen molar-refractivity contribution in [3.05, 3.63) is 0 Å². The summed E-state index contributed by atoms with van der Waals surface area (Å²) in [6.45, 7) is 4.14. The number of rotatable bonds is 5. The first-order chi connectivity index (χ1) is 5.84. The molecule has 2 nitrogen and oxygen atoms in total. The zero-order valence-electron chi connectivity index (χ0n) is 7.71. The number of hydrogen-bond donors (Lipinski definition) is 0. The van der Waals surface area contributed by atoms with E-state index in [9.17, 15) is 4.79 Å². The standard InChI is InChI=1S/C9H17NOS/c1-2-7-12-8-6-10-5-3-4-9(10)11/h2-8H2,1H3. The highest BCUT2D eigenvalue weighted by molar-refractivity contribution is 7.99. The third kappa shape index (κ3) is 3.05. The average molecular weight is 187 g/mol. The highest BCUT2D eigenvalue weighted by atomic mass is 32.2. The summed E-state index contributed by atoms with van der Waals surface area (Å²) in [5, 5.41) is 0. The van der Waals surface area contributed by atoms with E-state index in [1.807, 2.05) is 16.7 Å². The van der Waals surface area contributed by atoms with Gasteiger partial charge >= 0.3 is 0 Å². The minimum absolute atomic E-state index is 0.354. The van der Waals surface area contributed by atoms with Gasteiger partial charge in [-0.1, -0.05) is 6.92 Å². The van der Waals surface area contributed by atoms with E-state index in [1.165, 1.54) is 12.2 Å². The summed E-state index contributed by atoms with van der Waals surface area (Å²) in [6.07, 6.45) is 3.08. The molecule has 1 rings (SSSR count). The van der Waals surface area contributed by atoms with Crippen LogP contribution in [0.25, 0.3) is 0 Å². The van der Waals surface area contributed by atoms with Gasteiger partial charge in [-0.05, 0) is 18.6 Å². The molecule has 0 N–H and O–H groups in total. The molecule has 12 heavy (non-hydrogen) atoms. The molecule has 0 unspecified atom stereocenters. The van der Waals surface area contributed by atoms with Crippen LogP contribution in [0.5, 0.6) is 0 Å². The number of carbonyl (C=O) groups excluding carboxylic acids is 1. The lowest BCUT2D eigenvalue weighted by Crippen LogP contribution is -2.26. The van der Waals surface area contributed by atoms with E-state index in [4.69, 9.17) is 0 Å². The molecule has 0 bridgehead atoms. The van der Waals surface area contributed by atoms with Crippen LogP contribution in [0.1, 0.15) is 26.2 Å². The Bertz CT molecular complexity index is 149. The van der Waals surface area contributed by atoms with E-state index in [0.29, 0.717) is 5.91 Å². The molecule has 1 fully saturated rings. The molecule has 1 heterocycles. The van der Waals surface area contributed by atoms with Crippen molar-refractivity contribution < 1.29 is 4.79 Å². The normalized spacial score (nSPS) is 17.4. The highest BCUT2D eigenvalue weighted by Gasteiger charge is 2.18. The Hall–Kier alpha value is -0.180. The molecular formula is C9H17NOS. The Morgan fingerprint density at radius 1 is 1.50 bits per heavy atom. The second-order valence-electron chi connectivity index (χ2n) is 3.10. The minimum Gasteiger partial charge on any atom is -0.342 e. The van der Waals surface area contributed by atoms with Crippen LogP contribution in [0.15, 0.2) is 0 Å². The van der Waals surface area contributed by atoms with Gasteiger partial charge < -0.3 is 4.90 Å². The summed E-state index contributed by atoms with van der Waals surface area (Å²) in [5.41, 5.74) is 0. The maximum atomic E-state index is 11.2. The molecular weight excluding hydrogens is 170 g/mol. The van der Waals surface area contributed by atoms with Crippen LogP contribution in [0.3, 0.4) is 0 Å². The molecule has 70 valence electrons. The molecule has 1 aliphatic heterocycles. The first-order valence-corrected chi connectivity index (χ1v) is 5.85. The SMILES string of the molecule is CCCSCCN1CCCC1=O. The van der Waals surface area contributed by atoms with Crippen molar-refractivity contribution in [2.75, 3.05) is 24.6 Å². The molecule has 0 saturated carbocycles. The van der Waals surface area contributed by atoms with Gasteiger partial charge in [-0.3, -0.25) is 4.79 Å². The van der Waals surface area contributed by atoms with E-state index in [-0.39, 0.29) is 0 Å². The Kier molecular flexibility index (Phi) is 4.51. The molecule has 0 radical (unpaired) electrons. The van der Waals surface area contributed by atoms with E-state index < -0.39 is 0 Å². The van der Waals surface area contributed by atoms with Gasteiger partial charge in [0.25, 0.3) is 0 Å². The van der Waals surface area contributed by atoms with Gasteiger partial charge in [0.1, 0.15) is 0 Å². The molecule has 0 aromatic carbocycles. The largest absolute Gasteiger partial charge is 0.342 e. The Morgan fingerprint density at radius 2 is 2.33 bits per heavy atom. The van der Waals surface area contributed by atoms with Crippen molar-refractivity contribution in [1.29, 1.82) is 0 Å². The molecule has 3 heteroatoms. The van der Waals surface area contributed by atoms with Gasteiger partial charge in [0.15, 0.2) is 0 Å². The number of carbonyl (C=O) groups is 1. The first-order valence-electron chi connectivity index (χ1n) is 4.70. The number of hydrogen-bond acceptors (Lipinski definition) is 2. The van der Waals surface area contributed by atoms with Crippen molar-refractivity contribution in [2.45, 2.75) is 26.2 Å². The fraction of sp³-hybridized carbons (Fsp3) is 0.889. The molecule has 1 saturated heterocycles. The van der Waals surface area contributed by atoms with E-state index in [0.717, 1.165) is 31.7 Å². The predicted molar refractivity (Wildman–Crippen MR) is 53.4 cm³/mol. The third-order valence-electron chi connectivity index (χ3n) is 2.03. The molecule has 1 aliphatic rings. The predicted octanol–water partition coefficient (Wildman–Crippen LogP) is 1.75. The maximum Gasteiger partial charge on any atom is 0.222 e. The number of amides is 1. The van der Waals surface area contributed by atoms with Gasteiger partial charge in [0.05, 0.1) is 0 Å². The summed E-state index contributed by atoms with van der Waals surface area (Å²) in [6, 6.07) is 0. The lowest BCUT2D eigenvalue weighted by molar-refractivity contribution is -0.127. The molecule has 1 amide bonds. The van der Waals surface area contributed by atoms with Crippen LogP contribution in [0, 0.1) is 0 Å². The summed E-state index contributed by atoms with van der Waals surface area (Å²) in [5.74, 6) is 2.69. The highest BCUT2D eigenvalue weighted by Crippen LogP contribution is 2.11. The van der Waals surface area contributed by atoms with Crippen LogP contribution < -0.4 is 0 Å². The first kappa shape index (κ1) is 9.90. The second kappa shape index (κ2) is 5.46. The fourth-order valence-electron chi connectivity index (χ4n) is 1.36. The van der Waals surface area contributed by atoms with Crippen molar-refractivity contribution >= 4 is 17.7 Å². The molecule has 0 spiro atoms. The van der Waals surface area contributed by atoms with Crippen LogP contribution in [0.2, 0.25) is 0 Å². The van der Waals surface area contributed by atoms with E-state index in [1.54, 1.807) is 0 Å². The van der Waals surface area contributed by atoms with Crippen molar-refractivity contribution in [1.82, 2.24) is 4.90 Å². The average Bonchev–Trinajstić information content (AvgIpc) is 2.46. The van der Waals surface area contributed by atoms with Crippen molar-refractivity contribution in [3.63, 3.8) is 0 Å². The second-order valence-corrected chi connectivity index (χ2v) is 4.32. The monoisotopic (exact) mass is 187 g/mol. The topological polar surface area (TPSA) is 20.3 Å². The number of nitrogens with zero attached hydrogens (tertiary/aromatic N) is 1. The molecule has 0 aliphatic carbocycles. The van der Waals surface area contributed by atoms with Gasteiger partial charge in [-0.25, -0.2) is 0 Å². The summed E-state index contributed by atoms with van der Waals surface area (Å²) in [7, 11) is 0. The van der Waals surface area contributed by atoms with Gasteiger partial charge in [-0.15, -0.1) is 0 Å². The van der Waals surface area contributed by atoms with Gasteiger partial charge in [0.2, 0.25) is 5.91 Å². The van der Waals surface area contributed by atoms with Gasteiger partial charge in [0, 0.05) is 25.3 Å². The van der Waals surface area contributed by atoms with Crippen LogP contribution >= 0.6 is 11.8 Å². The lowest BCUT2D eigenvalue weighted by Gasteiger charge is -2.14. The Balaban J connectivity index is 2.02. The molecule has 0 aromatic rings. The summed E-state index contributed by atoms with van der Waals surface area (Å²) >= 11 is 1.95. The zero-order valence-corrected chi connectivity index (χ0v) is 8.53. The summed E-state index contributed by atoms with van der Waals surface area (Å²) in [4.78, 5) is 13.1.